The van der Waals surface area contributed by atoms with Crippen molar-refractivity contribution in [3.63, 3.8) is 0 Å². The van der Waals surface area contributed by atoms with Gasteiger partial charge in [0.25, 0.3) is 0 Å². The average Bonchev–Trinajstić information content (AvgIpc) is 2.37. The molecule has 1 atom stereocenters. The fourth-order valence-corrected chi connectivity index (χ4v) is 2.16. The summed E-state index contributed by atoms with van der Waals surface area (Å²) in [7, 11) is 2.05. The van der Waals surface area contributed by atoms with Crippen LogP contribution in [-0.2, 0) is 6.54 Å². The maximum Gasteiger partial charge on any atom is 0.133 e. The molecule has 0 fully saturated rings. The average molecular weight is 277 g/mol. The molecule has 0 amide bonds. The fraction of sp³-hybridized carbons (Fsp3) is 0.357. The largest absolute Gasteiger partial charge is 0.292 e. The molecule has 2 rings (SSSR count). The topological polar surface area (TPSA) is 41.9 Å². The van der Waals surface area contributed by atoms with Crippen LogP contribution in [0.3, 0.4) is 0 Å². The maximum absolute atomic E-state index is 5.95. The van der Waals surface area contributed by atoms with E-state index < -0.39 is 0 Å². The number of halogens is 1. The van der Waals surface area contributed by atoms with Gasteiger partial charge in [0.2, 0.25) is 0 Å². The Kier molecular flexibility index (Phi) is 4.45. The Bertz CT molecular complexity index is 524. The highest BCUT2D eigenvalue weighted by Gasteiger charge is 2.14. The van der Waals surface area contributed by atoms with E-state index in [0.717, 1.165) is 11.4 Å². The Labute approximate surface area is 118 Å². The number of pyridine rings is 1. The zero-order valence-electron chi connectivity index (χ0n) is 11.3. The Morgan fingerprint density at radius 3 is 2.74 bits per heavy atom. The number of hydrogen-bond acceptors (Lipinski definition) is 4. The second kappa shape index (κ2) is 6.08. The lowest BCUT2D eigenvalue weighted by Gasteiger charge is -2.23. The van der Waals surface area contributed by atoms with Gasteiger partial charge < -0.3 is 0 Å². The third-order valence-electron chi connectivity index (χ3n) is 3.05. The van der Waals surface area contributed by atoms with Crippen molar-refractivity contribution in [2.24, 2.45) is 0 Å². The summed E-state index contributed by atoms with van der Waals surface area (Å²) in [5.74, 6) is 0.696. The van der Waals surface area contributed by atoms with E-state index in [1.165, 1.54) is 0 Å². The summed E-state index contributed by atoms with van der Waals surface area (Å²) in [6.45, 7) is 4.68. The number of rotatable bonds is 4. The van der Waals surface area contributed by atoms with Crippen LogP contribution in [0.15, 0.2) is 30.5 Å². The lowest BCUT2D eigenvalue weighted by atomic mass is 10.2. The van der Waals surface area contributed by atoms with Crippen molar-refractivity contribution in [3.05, 3.63) is 52.8 Å². The smallest absolute Gasteiger partial charge is 0.133 e. The second-order valence-corrected chi connectivity index (χ2v) is 4.96. The first-order chi connectivity index (χ1) is 9.06. The lowest BCUT2D eigenvalue weighted by Crippen LogP contribution is -2.23. The monoisotopic (exact) mass is 276 g/mol. The zero-order chi connectivity index (χ0) is 13.8. The highest BCUT2D eigenvalue weighted by Crippen LogP contribution is 2.18. The summed E-state index contributed by atoms with van der Waals surface area (Å²) in [4.78, 5) is 15.0. The quantitative estimate of drug-likeness (QED) is 0.805. The van der Waals surface area contributed by atoms with Crippen LogP contribution in [0.2, 0.25) is 5.15 Å². The highest BCUT2D eigenvalue weighted by molar-refractivity contribution is 6.29. The summed E-state index contributed by atoms with van der Waals surface area (Å²) in [6.07, 6.45) is 1.81. The van der Waals surface area contributed by atoms with Crippen molar-refractivity contribution in [2.75, 3.05) is 7.05 Å². The van der Waals surface area contributed by atoms with E-state index in [2.05, 4.69) is 26.8 Å². The van der Waals surface area contributed by atoms with Gasteiger partial charge in [-0.2, -0.15) is 0 Å². The van der Waals surface area contributed by atoms with E-state index in [1.807, 2.05) is 38.4 Å². The molecule has 0 aliphatic rings. The molecule has 2 aromatic heterocycles. The minimum atomic E-state index is 0.218. The summed E-state index contributed by atoms with van der Waals surface area (Å²) >= 11 is 5.95. The van der Waals surface area contributed by atoms with Crippen LogP contribution in [-0.4, -0.2) is 26.9 Å². The summed E-state index contributed by atoms with van der Waals surface area (Å²) in [6, 6.07) is 7.97. The molecule has 0 aliphatic heterocycles. The van der Waals surface area contributed by atoms with Gasteiger partial charge in [0.1, 0.15) is 11.0 Å². The molecular weight excluding hydrogens is 260 g/mol. The molecule has 19 heavy (non-hydrogen) atoms. The molecular formula is C14H17ClN4. The Balaban J connectivity index is 2.10. The van der Waals surface area contributed by atoms with Crippen LogP contribution in [0.1, 0.15) is 30.2 Å². The summed E-state index contributed by atoms with van der Waals surface area (Å²) in [5, 5.41) is 0.487. The number of hydrogen-bond donors (Lipinski definition) is 0. The number of nitrogens with zero attached hydrogens (tertiary/aromatic N) is 4. The molecule has 100 valence electrons. The third-order valence-corrected chi connectivity index (χ3v) is 3.24. The second-order valence-electron chi connectivity index (χ2n) is 4.57. The van der Waals surface area contributed by atoms with Crippen molar-refractivity contribution in [2.45, 2.75) is 26.4 Å². The molecule has 0 unspecified atom stereocenters. The van der Waals surface area contributed by atoms with E-state index in [9.17, 15) is 0 Å². The van der Waals surface area contributed by atoms with Crippen LogP contribution in [0, 0.1) is 6.92 Å². The first-order valence-corrected chi connectivity index (χ1v) is 6.55. The number of aryl methyl sites for hydroxylation is 1. The predicted molar refractivity (Wildman–Crippen MR) is 75.9 cm³/mol. The Morgan fingerprint density at radius 1 is 1.32 bits per heavy atom. The van der Waals surface area contributed by atoms with Gasteiger partial charge in [0.05, 0.1) is 11.4 Å². The minimum absolute atomic E-state index is 0.218. The van der Waals surface area contributed by atoms with Crippen LogP contribution in [0.5, 0.6) is 0 Å². The molecule has 0 bridgehead atoms. The van der Waals surface area contributed by atoms with Crippen molar-refractivity contribution < 1.29 is 0 Å². The van der Waals surface area contributed by atoms with E-state index in [1.54, 1.807) is 6.07 Å². The predicted octanol–water partition coefficient (Wildman–Crippen LogP) is 3.03. The van der Waals surface area contributed by atoms with Crippen molar-refractivity contribution in [1.29, 1.82) is 0 Å². The third kappa shape index (κ3) is 3.72. The Morgan fingerprint density at radius 2 is 2.11 bits per heavy atom. The van der Waals surface area contributed by atoms with Gasteiger partial charge in [-0.25, -0.2) is 9.97 Å². The first kappa shape index (κ1) is 13.9. The van der Waals surface area contributed by atoms with Gasteiger partial charge >= 0.3 is 0 Å². The van der Waals surface area contributed by atoms with Gasteiger partial charge in [-0.15, -0.1) is 0 Å². The zero-order valence-corrected chi connectivity index (χ0v) is 12.1. The van der Waals surface area contributed by atoms with Crippen molar-refractivity contribution in [1.82, 2.24) is 19.9 Å². The van der Waals surface area contributed by atoms with Crippen molar-refractivity contribution in [3.8, 4) is 0 Å². The van der Waals surface area contributed by atoms with Gasteiger partial charge in [-0.3, -0.25) is 9.88 Å². The standard InChI is InChI=1S/C14H17ClN4/c1-10(13-6-4-5-7-16-13)19(3)9-12-8-14(15)18-11(2)17-12/h4-8,10H,9H2,1-3H3/t10-/m0/s1. The van der Waals surface area contributed by atoms with Crippen LogP contribution < -0.4 is 0 Å². The molecule has 0 radical (unpaired) electrons. The molecule has 0 spiro atoms. The van der Waals surface area contributed by atoms with Crippen LogP contribution in [0.25, 0.3) is 0 Å². The van der Waals surface area contributed by atoms with Gasteiger partial charge in [0, 0.05) is 18.8 Å². The van der Waals surface area contributed by atoms with Gasteiger partial charge in [-0.1, -0.05) is 17.7 Å². The maximum atomic E-state index is 5.95. The molecule has 0 saturated carbocycles. The van der Waals surface area contributed by atoms with E-state index in [-0.39, 0.29) is 6.04 Å². The van der Waals surface area contributed by atoms with E-state index in [4.69, 9.17) is 11.6 Å². The van der Waals surface area contributed by atoms with E-state index in [0.29, 0.717) is 17.5 Å². The normalized spacial score (nSPS) is 12.7. The number of aromatic nitrogens is 3. The molecule has 5 heteroatoms. The fourth-order valence-electron chi connectivity index (χ4n) is 1.91. The van der Waals surface area contributed by atoms with E-state index >= 15 is 0 Å². The van der Waals surface area contributed by atoms with Gasteiger partial charge in [-0.05, 0) is 39.1 Å². The molecule has 0 N–H and O–H groups in total. The summed E-state index contributed by atoms with van der Waals surface area (Å²) in [5.41, 5.74) is 1.96. The van der Waals surface area contributed by atoms with Crippen LogP contribution >= 0.6 is 11.6 Å². The van der Waals surface area contributed by atoms with Crippen LogP contribution in [0.4, 0.5) is 0 Å². The lowest BCUT2D eigenvalue weighted by molar-refractivity contribution is 0.245. The molecule has 0 aliphatic carbocycles. The molecule has 0 aromatic carbocycles. The molecule has 2 heterocycles. The Hall–Kier alpha value is -1.52. The highest BCUT2D eigenvalue weighted by atomic mass is 35.5. The SMILES string of the molecule is Cc1nc(Cl)cc(CN(C)[C@@H](C)c2ccccn2)n1. The first-order valence-electron chi connectivity index (χ1n) is 6.17. The molecule has 2 aromatic rings. The van der Waals surface area contributed by atoms with Crippen molar-refractivity contribution >= 4 is 11.6 Å². The molecule has 0 saturated heterocycles. The van der Waals surface area contributed by atoms with Gasteiger partial charge in [0.15, 0.2) is 0 Å². The molecule has 4 nitrogen and oxygen atoms in total. The minimum Gasteiger partial charge on any atom is -0.292 e. The summed E-state index contributed by atoms with van der Waals surface area (Å²) < 4.78 is 0.